The van der Waals surface area contributed by atoms with E-state index in [9.17, 15) is 8.42 Å². The Bertz CT molecular complexity index is 1050. The second kappa shape index (κ2) is 9.53. The largest absolute Gasteiger partial charge is 0.379 e. The molecule has 0 aliphatic carbocycles. The van der Waals surface area contributed by atoms with Crippen molar-refractivity contribution in [1.82, 2.24) is 19.4 Å². The fourth-order valence-corrected chi connectivity index (χ4v) is 4.68. The molecule has 0 saturated carbocycles. The molecule has 0 amide bonds. The molecule has 8 heteroatoms. The summed E-state index contributed by atoms with van der Waals surface area (Å²) in [7, 11) is -3.70. The van der Waals surface area contributed by atoms with E-state index >= 15 is 0 Å². The van der Waals surface area contributed by atoms with Crippen molar-refractivity contribution in [2.75, 3.05) is 39.4 Å². The fraction of sp³-hybridized carbons (Fsp3) is 0.318. The second-order valence-electron chi connectivity index (χ2n) is 7.24. The average Bonchev–Trinajstić information content (AvgIpc) is 3.21. The molecule has 4 rings (SSSR count). The minimum atomic E-state index is -3.70. The number of ether oxygens (including phenoxy) is 1. The molecule has 0 bridgehead atoms. The highest BCUT2D eigenvalue weighted by molar-refractivity contribution is 7.89. The molecule has 1 aliphatic rings. The predicted molar refractivity (Wildman–Crippen MR) is 116 cm³/mol. The zero-order valence-electron chi connectivity index (χ0n) is 16.8. The molecule has 2 aromatic carbocycles. The highest BCUT2D eigenvalue weighted by Crippen LogP contribution is 2.26. The number of nitrogens with one attached hydrogen (secondary N) is 1. The van der Waals surface area contributed by atoms with Crippen LogP contribution in [0.3, 0.4) is 0 Å². The molecule has 1 aliphatic heterocycles. The van der Waals surface area contributed by atoms with Crippen molar-refractivity contribution in [2.24, 2.45) is 0 Å². The molecule has 1 saturated heterocycles. The molecule has 158 valence electrons. The summed E-state index contributed by atoms with van der Waals surface area (Å²) in [5, 5.41) is 4.61. The maximum absolute atomic E-state index is 13.1. The number of morpholine rings is 1. The topological polar surface area (TPSA) is 76.5 Å². The van der Waals surface area contributed by atoms with E-state index in [1.807, 2.05) is 60.7 Å². The lowest BCUT2D eigenvalue weighted by atomic mass is 10.2. The zero-order valence-corrected chi connectivity index (χ0v) is 17.6. The lowest BCUT2D eigenvalue weighted by Crippen LogP contribution is -2.41. The third kappa shape index (κ3) is 5.14. The maximum atomic E-state index is 13.1. The Hall–Kier alpha value is -2.52. The van der Waals surface area contributed by atoms with Gasteiger partial charge in [-0.05, 0) is 5.56 Å². The first-order chi connectivity index (χ1) is 14.6. The van der Waals surface area contributed by atoms with Gasteiger partial charge in [0.25, 0.3) is 0 Å². The smallest absolute Gasteiger partial charge is 0.244 e. The van der Waals surface area contributed by atoms with Gasteiger partial charge in [0, 0.05) is 37.9 Å². The first kappa shape index (κ1) is 20.7. The van der Waals surface area contributed by atoms with E-state index in [4.69, 9.17) is 4.74 Å². The molecule has 30 heavy (non-hydrogen) atoms. The van der Waals surface area contributed by atoms with E-state index in [1.54, 1.807) is 10.9 Å². The van der Waals surface area contributed by atoms with E-state index in [2.05, 4.69) is 14.7 Å². The number of benzene rings is 2. The summed E-state index contributed by atoms with van der Waals surface area (Å²) < 4.78 is 36.0. The lowest BCUT2D eigenvalue weighted by Gasteiger charge is -2.26. The summed E-state index contributed by atoms with van der Waals surface area (Å²) in [4.78, 5) is 2.40. The van der Waals surface area contributed by atoms with Crippen LogP contribution in [-0.4, -0.2) is 62.5 Å². The standard InChI is InChI=1S/C22H26N4O3S/c27-30(28,23-11-12-25-13-15-29-16-14-25)21-18-26(17-19-7-3-1-4-8-19)24-22(21)20-9-5-2-6-10-20/h1-10,18,23H,11-17H2. The van der Waals surface area contributed by atoms with Crippen molar-refractivity contribution in [3.05, 3.63) is 72.4 Å². The molecular formula is C22H26N4O3S. The van der Waals surface area contributed by atoms with E-state index < -0.39 is 10.0 Å². The van der Waals surface area contributed by atoms with Gasteiger partial charge < -0.3 is 4.74 Å². The molecule has 1 aromatic heterocycles. The highest BCUT2D eigenvalue weighted by Gasteiger charge is 2.24. The van der Waals surface area contributed by atoms with Gasteiger partial charge in [-0.2, -0.15) is 5.10 Å². The van der Waals surface area contributed by atoms with Crippen LogP contribution in [0, 0.1) is 0 Å². The molecule has 0 unspecified atom stereocenters. The van der Waals surface area contributed by atoms with Gasteiger partial charge in [-0.1, -0.05) is 60.7 Å². The van der Waals surface area contributed by atoms with Crippen LogP contribution in [0.1, 0.15) is 5.56 Å². The SMILES string of the molecule is O=S(=O)(NCCN1CCOCC1)c1cn(Cc2ccccc2)nc1-c1ccccc1. The highest BCUT2D eigenvalue weighted by atomic mass is 32.2. The fourth-order valence-electron chi connectivity index (χ4n) is 3.49. The average molecular weight is 427 g/mol. The summed E-state index contributed by atoms with van der Waals surface area (Å²) >= 11 is 0. The third-order valence-electron chi connectivity index (χ3n) is 5.08. The Morgan fingerprint density at radius 2 is 1.63 bits per heavy atom. The molecule has 1 fully saturated rings. The number of sulfonamides is 1. The summed E-state index contributed by atoms with van der Waals surface area (Å²) in [6.45, 7) is 4.54. The third-order valence-corrected chi connectivity index (χ3v) is 6.54. The van der Waals surface area contributed by atoms with Gasteiger partial charge in [0.05, 0.1) is 19.8 Å². The Labute approximate surface area is 177 Å². The number of rotatable bonds is 8. The van der Waals surface area contributed by atoms with Gasteiger partial charge in [0.1, 0.15) is 10.6 Å². The first-order valence-corrected chi connectivity index (χ1v) is 11.6. The number of hydrogen-bond acceptors (Lipinski definition) is 5. The normalized spacial score (nSPS) is 15.3. The summed E-state index contributed by atoms with van der Waals surface area (Å²) in [5.74, 6) is 0. The van der Waals surface area contributed by atoms with Crippen LogP contribution < -0.4 is 4.72 Å². The van der Waals surface area contributed by atoms with Crippen molar-refractivity contribution in [1.29, 1.82) is 0 Å². The summed E-state index contributed by atoms with van der Waals surface area (Å²) in [6, 6.07) is 19.3. The number of nitrogens with zero attached hydrogens (tertiary/aromatic N) is 3. The Balaban J connectivity index is 1.56. The van der Waals surface area contributed by atoms with Gasteiger partial charge in [0.2, 0.25) is 10.0 Å². The molecule has 2 heterocycles. The second-order valence-corrected chi connectivity index (χ2v) is 8.98. The lowest BCUT2D eigenvalue weighted by molar-refractivity contribution is 0.0390. The summed E-state index contributed by atoms with van der Waals surface area (Å²) in [5.41, 5.74) is 2.30. The molecule has 7 nitrogen and oxygen atoms in total. The quantitative estimate of drug-likeness (QED) is 0.598. The molecule has 0 atom stereocenters. The molecule has 0 spiro atoms. The number of hydrogen-bond donors (Lipinski definition) is 1. The minimum Gasteiger partial charge on any atom is -0.379 e. The van der Waals surface area contributed by atoms with Crippen LogP contribution in [0.25, 0.3) is 11.3 Å². The van der Waals surface area contributed by atoms with E-state index in [-0.39, 0.29) is 4.90 Å². The minimum absolute atomic E-state index is 0.201. The van der Waals surface area contributed by atoms with Gasteiger partial charge in [-0.3, -0.25) is 9.58 Å². The number of aromatic nitrogens is 2. The van der Waals surface area contributed by atoms with Crippen molar-refractivity contribution >= 4 is 10.0 Å². The molecular weight excluding hydrogens is 400 g/mol. The van der Waals surface area contributed by atoms with E-state index in [1.165, 1.54) is 0 Å². The van der Waals surface area contributed by atoms with Crippen LogP contribution >= 0.6 is 0 Å². The van der Waals surface area contributed by atoms with Crippen molar-refractivity contribution in [3.63, 3.8) is 0 Å². The van der Waals surface area contributed by atoms with Crippen LogP contribution in [-0.2, 0) is 21.3 Å². The Morgan fingerprint density at radius 1 is 0.967 bits per heavy atom. The van der Waals surface area contributed by atoms with Gasteiger partial charge in [0.15, 0.2) is 0 Å². The zero-order chi connectivity index (χ0) is 20.8. The van der Waals surface area contributed by atoms with Crippen LogP contribution in [0.4, 0.5) is 0 Å². The van der Waals surface area contributed by atoms with Crippen LogP contribution in [0.5, 0.6) is 0 Å². The molecule has 0 radical (unpaired) electrons. The Morgan fingerprint density at radius 3 is 2.33 bits per heavy atom. The van der Waals surface area contributed by atoms with Gasteiger partial charge >= 0.3 is 0 Å². The Kier molecular flexibility index (Phi) is 6.59. The predicted octanol–water partition coefficient (Wildman–Crippen LogP) is 2.21. The molecule has 3 aromatic rings. The van der Waals surface area contributed by atoms with E-state index in [0.717, 1.165) is 24.2 Å². The maximum Gasteiger partial charge on any atom is 0.244 e. The van der Waals surface area contributed by atoms with Crippen molar-refractivity contribution < 1.29 is 13.2 Å². The van der Waals surface area contributed by atoms with Crippen LogP contribution in [0.15, 0.2) is 71.8 Å². The van der Waals surface area contributed by atoms with Crippen LogP contribution in [0.2, 0.25) is 0 Å². The van der Waals surface area contributed by atoms with E-state index in [0.29, 0.717) is 38.5 Å². The monoisotopic (exact) mass is 426 g/mol. The summed E-state index contributed by atoms with van der Waals surface area (Å²) in [6.07, 6.45) is 1.62. The van der Waals surface area contributed by atoms with Gasteiger partial charge in [-0.15, -0.1) is 0 Å². The molecule has 1 N–H and O–H groups in total. The van der Waals surface area contributed by atoms with Crippen molar-refractivity contribution in [2.45, 2.75) is 11.4 Å². The van der Waals surface area contributed by atoms with Crippen molar-refractivity contribution in [3.8, 4) is 11.3 Å². The first-order valence-electron chi connectivity index (χ1n) is 10.1. The van der Waals surface area contributed by atoms with Gasteiger partial charge in [-0.25, -0.2) is 13.1 Å².